The summed E-state index contributed by atoms with van der Waals surface area (Å²) in [5, 5.41) is 64.3. The number of amides is 2. The normalized spacial score (nSPS) is 22.8. The van der Waals surface area contributed by atoms with Crippen LogP contribution in [-0.4, -0.2) is 139 Å². The number of nitrogens with zero attached hydrogens (tertiary/aromatic N) is 3. The average molecular weight is 723 g/mol. The predicted molar refractivity (Wildman–Crippen MR) is 177 cm³/mol. The Labute approximate surface area is 290 Å². The van der Waals surface area contributed by atoms with Crippen LogP contribution in [0.15, 0.2) is 41.3 Å². The van der Waals surface area contributed by atoms with Gasteiger partial charge in [-0.25, -0.2) is 17.9 Å². The fraction of sp³-hybridized carbons (Fsp3) is 0.562. The summed E-state index contributed by atoms with van der Waals surface area (Å²) in [5.74, 6) is 0.472. The van der Waals surface area contributed by atoms with Crippen LogP contribution in [0.5, 0.6) is 5.75 Å². The molecule has 0 radical (unpaired) electrons. The molecule has 0 bridgehead atoms. The van der Waals surface area contributed by atoms with Crippen LogP contribution < -0.4 is 20.1 Å². The Morgan fingerprint density at radius 2 is 1.71 bits per heavy atom. The van der Waals surface area contributed by atoms with Gasteiger partial charge in [-0.1, -0.05) is 11.6 Å². The zero-order valence-corrected chi connectivity index (χ0v) is 28.4. The van der Waals surface area contributed by atoms with Crippen molar-refractivity contribution in [3.05, 3.63) is 58.1 Å². The van der Waals surface area contributed by atoms with Gasteiger partial charge in [0.25, 0.3) is 0 Å². The van der Waals surface area contributed by atoms with Crippen molar-refractivity contribution in [2.24, 2.45) is 0 Å². The molecule has 2 heterocycles. The number of aliphatic hydroxyl groups is 5. The van der Waals surface area contributed by atoms with E-state index in [1.54, 1.807) is 18.2 Å². The molecule has 2 amide bonds. The van der Waals surface area contributed by atoms with Crippen molar-refractivity contribution in [1.82, 2.24) is 25.2 Å². The molecule has 2 fully saturated rings. The van der Waals surface area contributed by atoms with Gasteiger partial charge in [0.1, 0.15) is 30.2 Å². The highest BCUT2D eigenvalue weighted by atomic mass is 35.5. The molecule has 15 nitrogen and oxygen atoms in total. The Morgan fingerprint density at radius 1 is 1.04 bits per heavy atom. The molecule has 0 unspecified atom stereocenters. The lowest BCUT2D eigenvalue weighted by molar-refractivity contribution is -0.0905. The van der Waals surface area contributed by atoms with Crippen LogP contribution in [0, 0.1) is 11.3 Å². The third-order valence-electron chi connectivity index (χ3n) is 9.41. The van der Waals surface area contributed by atoms with E-state index >= 15 is 0 Å². The second kappa shape index (κ2) is 16.3. The van der Waals surface area contributed by atoms with E-state index < -0.39 is 65.8 Å². The number of halogens is 1. The largest absolute Gasteiger partial charge is 0.484 e. The minimum absolute atomic E-state index is 0.0222. The third kappa shape index (κ3) is 8.63. The molecule has 5 rings (SSSR count). The third-order valence-corrected chi connectivity index (χ3v) is 11.2. The van der Waals surface area contributed by atoms with E-state index in [2.05, 4.69) is 26.3 Å². The van der Waals surface area contributed by atoms with E-state index in [0.29, 0.717) is 35.6 Å². The molecule has 0 aromatic heterocycles. The lowest BCUT2D eigenvalue weighted by atomic mass is 10.0. The van der Waals surface area contributed by atoms with E-state index in [1.807, 2.05) is 6.07 Å². The number of likely N-dealkylation sites (tertiary alicyclic amines) is 1. The number of piperazine rings is 1. The van der Waals surface area contributed by atoms with Gasteiger partial charge in [0.15, 0.2) is 0 Å². The molecule has 268 valence electrons. The number of sulfonamides is 1. The topological polar surface area (TPSA) is 228 Å². The smallest absolute Gasteiger partial charge is 0.317 e. The molecule has 2 aromatic rings. The minimum atomic E-state index is -3.92. The van der Waals surface area contributed by atoms with Gasteiger partial charge < -0.3 is 45.8 Å². The average Bonchev–Trinajstić information content (AvgIpc) is 3.47. The van der Waals surface area contributed by atoms with Gasteiger partial charge >= 0.3 is 6.03 Å². The Balaban J connectivity index is 1.19. The first kappa shape index (κ1) is 37.2. The lowest BCUT2D eigenvalue weighted by Gasteiger charge is -2.36. The fourth-order valence-corrected chi connectivity index (χ4v) is 8.17. The second-order valence-corrected chi connectivity index (χ2v) is 14.7. The molecule has 2 saturated heterocycles. The Bertz CT molecular complexity index is 1600. The van der Waals surface area contributed by atoms with Gasteiger partial charge in [-0.05, 0) is 66.8 Å². The molecule has 49 heavy (non-hydrogen) atoms. The van der Waals surface area contributed by atoms with Gasteiger partial charge in [-0.2, -0.15) is 5.26 Å². The summed E-state index contributed by atoms with van der Waals surface area (Å²) in [7, 11) is -3.92. The molecule has 1 aliphatic carbocycles. The number of aliphatic hydroxyl groups excluding tert-OH is 5. The zero-order chi connectivity index (χ0) is 35.3. The summed E-state index contributed by atoms with van der Waals surface area (Å²) >= 11 is 6.38. The SMILES string of the molecule is N#Cc1cc(Cl)cc2c1C[C@H](N1CCNCC1)[C@H]2Oc1ccc(S(=O)(=O)NC2CCN(C(=O)N[C@@H](CO)[C@@H](O)[C@H](O)[C@H](O)CO)CC2)cc1. The number of nitrogens with one attached hydrogen (secondary N) is 3. The molecule has 0 saturated carbocycles. The van der Waals surface area contributed by atoms with Crippen LogP contribution in [0.1, 0.15) is 35.6 Å². The Kier molecular flexibility index (Phi) is 12.4. The van der Waals surface area contributed by atoms with Crippen LogP contribution in [0.25, 0.3) is 0 Å². The Morgan fingerprint density at radius 3 is 2.33 bits per heavy atom. The van der Waals surface area contributed by atoms with Gasteiger partial charge in [-0.3, -0.25) is 4.90 Å². The molecule has 0 spiro atoms. The van der Waals surface area contributed by atoms with Crippen LogP contribution in [0.2, 0.25) is 5.02 Å². The van der Waals surface area contributed by atoms with Crippen molar-refractivity contribution in [3.8, 4) is 11.8 Å². The summed E-state index contributed by atoms with van der Waals surface area (Å²) in [6.45, 7) is 2.14. The van der Waals surface area contributed by atoms with Crippen molar-refractivity contribution in [3.63, 3.8) is 0 Å². The first-order chi connectivity index (χ1) is 23.4. The predicted octanol–water partition coefficient (Wildman–Crippen LogP) is -0.950. The number of ether oxygens (including phenoxy) is 1. The van der Waals surface area contributed by atoms with Crippen molar-refractivity contribution < 1.29 is 43.5 Å². The van der Waals surface area contributed by atoms with Crippen molar-refractivity contribution in [2.45, 2.75) is 66.7 Å². The molecule has 2 aliphatic heterocycles. The van der Waals surface area contributed by atoms with Crippen molar-refractivity contribution in [2.75, 3.05) is 52.5 Å². The van der Waals surface area contributed by atoms with Gasteiger partial charge in [0, 0.05) is 50.3 Å². The number of urea groups is 1. The summed E-state index contributed by atoms with van der Waals surface area (Å²) in [5.41, 5.74) is 2.29. The van der Waals surface area contributed by atoms with E-state index in [9.17, 15) is 38.9 Å². The first-order valence-electron chi connectivity index (χ1n) is 16.2. The van der Waals surface area contributed by atoms with Crippen LogP contribution in [0.3, 0.4) is 0 Å². The number of hydrogen-bond donors (Lipinski definition) is 8. The highest BCUT2D eigenvalue weighted by Crippen LogP contribution is 2.41. The maximum absolute atomic E-state index is 13.3. The van der Waals surface area contributed by atoms with E-state index in [-0.39, 0.29) is 24.0 Å². The van der Waals surface area contributed by atoms with Gasteiger partial charge in [-0.15, -0.1) is 0 Å². The number of fused-ring (bicyclic) bond motifs is 1. The van der Waals surface area contributed by atoms with Crippen LogP contribution in [-0.2, 0) is 16.4 Å². The molecular formula is C32H43ClN6O9S. The molecule has 2 aromatic carbocycles. The van der Waals surface area contributed by atoms with E-state index in [1.165, 1.54) is 17.0 Å². The molecule has 17 heteroatoms. The first-order valence-corrected chi connectivity index (χ1v) is 18.1. The summed E-state index contributed by atoms with van der Waals surface area (Å²) in [6.07, 6.45) is -4.37. The monoisotopic (exact) mass is 722 g/mol. The number of nitriles is 1. The zero-order valence-electron chi connectivity index (χ0n) is 26.8. The van der Waals surface area contributed by atoms with Crippen molar-refractivity contribution in [1.29, 1.82) is 5.26 Å². The molecule has 3 aliphatic rings. The Hall–Kier alpha value is -3.08. The summed E-state index contributed by atoms with van der Waals surface area (Å²) < 4.78 is 35.8. The molecular weight excluding hydrogens is 680 g/mol. The van der Waals surface area contributed by atoms with Gasteiger partial charge in [0.2, 0.25) is 10.0 Å². The minimum Gasteiger partial charge on any atom is -0.484 e. The number of carbonyl (C=O) groups excluding carboxylic acids is 1. The van der Waals surface area contributed by atoms with E-state index in [0.717, 1.165) is 37.3 Å². The highest BCUT2D eigenvalue weighted by molar-refractivity contribution is 7.89. The maximum atomic E-state index is 13.3. The maximum Gasteiger partial charge on any atom is 0.317 e. The van der Waals surface area contributed by atoms with Crippen LogP contribution in [0.4, 0.5) is 4.79 Å². The second-order valence-electron chi connectivity index (χ2n) is 12.6. The summed E-state index contributed by atoms with van der Waals surface area (Å²) in [6, 6.07) is 9.48. The highest BCUT2D eigenvalue weighted by Gasteiger charge is 2.40. The number of hydrogen-bond acceptors (Lipinski definition) is 12. The quantitative estimate of drug-likeness (QED) is 0.133. The number of carbonyl (C=O) groups is 1. The standard InChI is InChI=1S/C32H43ClN6O9S/c33-20-13-19(16-34)24-15-27(38-11-7-35-8-12-38)31(25(24)14-20)48-22-1-3-23(4-2-22)49(46,47)37-21-5-9-39(10-6-21)32(45)36-26(17-40)29(43)30(44)28(42)18-41/h1-4,13-14,21,26-31,35,37,40-44H,5-12,15,17-18H2,(H,36,45)/t26-,27-,28+,29+,30+,31-/m0/s1. The number of rotatable bonds is 12. The fourth-order valence-electron chi connectivity index (χ4n) is 6.63. The summed E-state index contributed by atoms with van der Waals surface area (Å²) in [4.78, 5) is 16.5. The van der Waals surface area contributed by atoms with Gasteiger partial charge in [0.05, 0.1) is 41.8 Å². The van der Waals surface area contributed by atoms with Crippen molar-refractivity contribution >= 4 is 27.7 Å². The van der Waals surface area contributed by atoms with Crippen LogP contribution >= 0.6 is 11.6 Å². The van der Waals surface area contributed by atoms with E-state index in [4.69, 9.17) is 21.4 Å². The molecule has 8 N–H and O–H groups in total. The lowest BCUT2D eigenvalue weighted by Crippen LogP contribution is -2.58. The molecule has 6 atom stereocenters. The number of piperidine rings is 1. The number of benzene rings is 2.